The molecule has 4 rings (SSSR count). The first-order chi connectivity index (χ1) is 11.5. The van der Waals surface area contributed by atoms with Gasteiger partial charge in [-0.05, 0) is 37.6 Å². The molecule has 4 aromatic heterocycles. The maximum atomic E-state index is 13.6. The van der Waals surface area contributed by atoms with Crippen molar-refractivity contribution >= 4 is 11.0 Å². The Morgan fingerprint density at radius 2 is 1.96 bits per heavy atom. The highest BCUT2D eigenvalue weighted by atomic mass is 19.1. The minimum Gasteiger partial charge on any atom is -0.274 e. The van der Waals surface area contributed by atoms with Crippen LogP contribution in [-0.2, 0) is 7.05 Å². The number of nitrogens with zero attached hydrogens (tertiary/aromatic N) is 5. The highest BCUT2D eigenvalue weighted by Gasteiger charge is 2.18. The first-order valence-corrected chi connectivity index (χ1v) is 7.51. The van der Waals surface area contributed by atoms with E-state index in [2.05, 4.69) is 25.3 Å². The van der Waals surface area contributed by atoms with Crippen LogP contribution in [0, 0.1) is 19.7 Å². The molecule has 0 radical (unpaired) electrons. The number of H-pyrrole nitrogens is 1. The smallest absolute Gasteiger partial charge is 0.155 e. The number of nitrogens with one attached hydrogen (secondary N) is 1. The van der Waals surface area contributed by atoms with Crippen LogP contribution in [0.2, 0.25) is 0 Å². The standard InChI is InChI=1S/C17H15FN6/c1-9-6-11(12-7-19-22-17(12)20-9)13-8-24(3)23-16(13)15-5-4-14(18)10(2)21-15/h4-8H,1-3H3,(H,19,20,22). The van der Waals surface area contributed by atoms with Crippen molar-refractivity contribution in [3.63, 3.8) is 0 Å². The summed E-state index contributed by atoms with van der Waals surface area (Å²) in [7, 11) is 1.85. The molecular formula is C17H15FN6. The van der Waals surface area contributed by atoms with Gasteiger partial charge in [0.15, 0.2) is 5.65 Å². The minimum absolute atomic E-state index is 0.326. The van der Waals surface area contributed by atoms with E-state index >= 15 is 0 Å². The molecule has 6 nitrogen and oxygen atoms in total. The summed E-state index contributed by atoms with van der Waals surface area (Å²) < 4.78 is 15.3. The third-order valence-electron chi connectivity index (χ3n) is 3.93. The lowest BCUT2D eigenvalue weighted by molar-refractivity contribution is 0.610. The number of hydrogen-bond donors (Lipinski definition) is 1. The highest BCUT2D eigenvalue weighted by Crippen LogP contribution is 2.34. The van der Waals surface area contributed by atoms with Gasteiger partial charge in [0.1, 0.15) is 11.5 Å². The number of aromatic nitrogens is 6. The van der Waals surface area contributed by atoms with E-state index in [4.69, 9.17) is 0 Å². The molecule has 0 fully saturated rings. The summed E-state index contributed by atoms with van der Waals surface area (Å²) in [5.74, 6) is -0.326. The SMILES string of the molecule is Cc1cc(-c2cn(C)nc2-c2ccc(F)c(C)n2)c2cn[nH]c2n1. The lowest BCUT2D eigenvalue weighted by atomic mass is 10.0. The van der Waals surface area contributed by atoms with E-state index in [1.807, 2.05) is 26.2 Å². The highest BCUT2D eigenvalue weighted by molar-refractivity contribution is 5.96. The van der Waals surface area contributed by atoms with Crippen molar-refractivity contribution in [3.05, 3.63) is 47.8 Å². The fourth-order valence-corrected chi connectivity index (χ4v) is 2.83. The monoisotopic (exact) mass is 322 g/mol. The van der Waals surface area contributed by atoms with Crippen LogP contribution in [-0.4, -0.2) is 29.9 Å². The molecule has 7 heteroatoms. The van der Waals surface area contributed by atoms with Gasteiger partial charge in [-0.3, -0.25) is 9.78 Å². The number of halogens is 1. The number of pyridine rings is 2. The van der Waals surface area contributed by atoms with Gasteiger partial charge in [0.25, 0.3) is 0 Å². The van der Waals surface area contributed by atoms with Gasteiger partial charge in [0, 0.05) is 29.9 Å². The van der Waals surface area contributed by atoms with Crippen molar-refractivity contribution in [1.82, 2.24) is 29.9 Å². The van der Waals surface area contributed by atoms with Gasteiger partial charge in [0.05, 0.1) is 17.6 Å². The maximum absolute atomic E-state index is 13.6. The lowest BCUT2D eigenvalue weighted by Crippen LogP contribution is -1.94. The van der Waals surface area contributed by atoms with Gasteiger partial charge in [-0.25, -0.2) is 14.4 Å². The largest absolute Gasteiger partial charge is 0.274 e. The van der Waals surface area contributed by atoms with Gasteiger partial charge >= 0.3 is 0 Å². The molecule has 0 saturated carbocycles. The Labute approximate surface area is 137 Å². The third kappa shape index (κ3) is 2.25. The van der Waals surface area contributed by atoms with Gasteiger partial charge < -0.3 is 0 Å². The van der Waals surface area contributed by atoms with Crippen molar-refractivity contribution in [3.8, 4) is 22.5 Å². The van der Waals surface area contributed by atoms with Crippen LogP contribution in [0.3, 0.4) is 0 Å². The van der Waals surface area contributed by atoms with Crippen molar-refractivity contribution in [1.29, 1.82) is 0 Å². The van der Waals surface area contributed by atoms with Crippen LogP contribution in [0.5, 0.6) is 0 Å². The Kier molecular flexibility index (Phi) is 3.16. The summed E-state index contributed by atoms with van der Waals surface area (Å²) in [6.07, 6.45) is 3.67. The van der Waals surface area contributed by atoms with Gasteiger partial charge in [-0.15, -0.1) is 0 Å². The molecule has 1 N–H and O–H groups in total. The average molecular weight is 322 g/mol. The topological polar surface area (TPSA) is 72.3 Å². The zero-order valence-electron chi connectivity index (χ0n) is 13.5. The second kappa shape index (κ2) is 5.23. The molecular weight excluding hydrogens is 307 g/mol. The zero-order chi connectivity index (χ0) is 16.8. The zero-order valence-corrected chi connectivity index (χ0v) is 13.5. The first-order valence-electron chi connectivity index (χ1n) is 7.51. The Morgan fingerprint density at radius 1 is 1.12 bits per heavy atom. The maximum Gasteiger partial charge on any atom is 0.155 e. The number of fused-ring (bicyclic) bond motifs is 1. The van der Waals surface area contributed by atoms with E-state index in [-0.39, 0.29) is 5.82 Å². The summed E-state index contributed by atoms with van der Waals surface area (Å²) in [4.78, 5) is 8.79. The third-order valence-corrected chi connectivity index (χ3v) is 3.93. The molecule has 0 aliphatic rings. The summed E-state index contributed by atoms with van der Waals surface area (Å²) in [6.45, 7) is 3.58. The fourth-order valence-electron chi connectivity index (χ4n) is 2.83. The van der Waals surface area contributed by atoms with Crippen LogP contribution < -0.4 is 0 Å². The summed E-state index contributed by atoms with van der Waals surface area (Å²) in [5.41, 5.74) is 5.17. The molecule has 0 aliphatic heterocycles. The lowest BCUT2D eigenvalue weighted by Gasteiger charge is -2.06. The van der Waals surface area contributed by atoms with E-state index in [0.717, 1.165) is 27.9 Å². The van der Waals surface area contributed by atoms with Crippen LogP contribution in [0.1, 0.15) is 11.4 Å². The normalized spacial score (nSPS) is 11.3. The molecule has 0 unspecified atom stereocenters. The Hall–Kier alpha value is -3.09. The summed E-state index contributed by atoms with van der Waals surface area (Å²) in [6, 6.07) is 5.06. The molecule has 0 saturated heterocycles. The molecule has 0 spiro atoms. The van der Waals surface area contributed by atoms with Gasteiger partial charge in [0.2, 0.25) is 0 Å². The molecule has 0 aliphatic carbocycles. The summed E-state index contributed by atoms with van der Waals surface area (Å²) >= 11 is 0. The van der Waals surface area contributed by atoms with E-state index < -0.39 is 0 Å². The van der Waals surface area contributed by atoms with Gasteiger partial charge in [-0.1, -0.05) is 0 Å². The molecule has 0 bridgehead atoms. The van der Waals surface area contributed by atoms with E-state index in [1.54, 1.807) is 23.9 Å². The number of hydrogen-bond acceptors (Lipinski definition) is 4. The van der Waals surface area contributed by atoms with E-state index in [0.29, 0.717) is 17.1 Å². The van der Waals surface area contributed by atoms with Crippen LogP contribution >= 0.6 is 0 Å². The van der Waals surface area contributed by atoms with Crippen molar-refractivity contribution in [2.45, 2.75) is 13.8 Å². The Balaban J connectivity index is 1.99. The van der Waals surface area contributed by atoms with E-state index in [1.165, 1.54) is 6.07 Å². The molecule has 0 atom stereocenters. The van der Waals surface area contributed by atoms with Crippen molar-refractivity contribution < 1.29 is 4.39 Å². The predicted octanol–water partition coefficient (Wildman–Crippen LogP) is 3.18. The number of rotatable bonds is 2. The molecule has 4 heterocycles. The quantitative estimate of drug-likeness (QED) is 0.615. The van der Waals surface area contributed by atoms with Crippen LogP contribution in [0.15, 0.2) is 30.6 Å². The summed E-state index contributed by atoms with van der Waals surface area (Å²) in [5, 5.41) is 12.4. The average Bonchev–Trinajstić information content (AvgIpc) is 3.15. The van der Waals surface area contributed by atoms with Gasteiger partial charge in [-0.2, -0.15) is 10.2 Å². The Morgan fingerprint density at radius 3 is 2.75 bits per heavy atom. The predicted molar refractivity (Wildman–Crippen MR) is 88.8 cm³/mol. The second-order valence-electron chi connectivity index (χ2n) is 5.77. The van der Waals surface area contributed by atoms with E-state index in [9.17, 15) is 4.39 Å². The number of aromatic amines is 1. The molecule has 4 aromatic rings. The molecule has 24 heavy (non-hydrogen) atoms. The minimum atomic E-state index is -0.326. The molecule has 120 valence electrons. The molecule has 0 aromatic carbocycles. The number of aryl methyl sites for hydroxylation is 3. The fraction of sp³-hybridized carbons (Fsp3) is 0.176. The Bertz CT molecular complexity index is 1060. The van der Waals surface area contributed by atoms with Crippen LogP contribution in [0.4, 0.5) is 4.39 Å². The second-order valence-corrected chi connectivity index (χ2v) is 5.77. The molecule has 0 amide bonds. The first kappa shape index (κ1) is 14.5. The van der Waals surface area contributed by atoms with Crippen molar-refractivity contribution in [2.75, 3.05) is 0 Å². The van der Waals surface area contributed by atoms with Crippen molar-refractivity contribution in [2.24, 2.45) is 7.05 Å². The van der Waals surface area contributed by atoms with Crippen LogP contribution in [0.25, 0.3) is 33.5 Å².